The highest BCUT2D eigenvalue weighted by Gasteiger charge is 2.16. The third-order valence-corrected chi connectivity index (χ3v) is 4.89. The van der Waals surface area contributed by atoms with E-state index >= 15 is 0 Å². The normalized spacial score (nSPS) is 12.1. The standard InChI is InChI=1S/C17H19FN2O3S/c1-11-5-6-12(2)17(9-11)24(21,22)20-19-13(3)14-7-8-16(23-4)15(18)10-14/h5-10,20H,1-4H3/b19-13-. The van der Waals surface area contributed by atoms with Crippen molar-refractivity contribution in [1.29, 1.82) is 0 Å². The lowest BCUT2D eigenvalue weighted by Crippen LogP contribution is -2.21. The van der Waals surface area contributed by atoms with Gasteiger partial charge in [-0.3, -0.25) is 0 Å². The molecule has 128 valence electrons. The van der Waals surface area contributed by atoms with E-state index in [1.807, 2.05) is 13.0 Å². The Hall–Kier alpha value is -2.41. The number of methoxy groups -OCH3 is 1. The van der Waals surface area contributed by atoms with Crippen LogP contribution in [-0.2, 0) is 10.0 Å². The molecule has 0 unspecified atom stereocenters. The van der Waals surface area contributed by atoms with Gasteiger partial charge in [-0.05, 0) is 56.2 Å². The van der Waals surface area contributed by atoms with E-state index in [9.17, 15) is 12.8 Å². The summed E-state index contributed by atoms with van der Waals surface area (Å²) in [4.78, 5) is 2.36. The zero-order valence-electron chi connectivity index (χ0n) is 13.9. The molecule has 0 bridgehead atoms. The molecule has 0 spiro atoms. The van der Waals surface area contributed by atoms with Gasteiger partial charge < -0.3 is 4.74 Å². The Morgan fingerprint density at radius 3 is 2.50 bits per heavy atom. The highest BCUT2D eigenvalue weighted by molar-refractivity contribution is 7.89. The van der Waals surface area contributed by atoms with E-state index in [1.165, 1.54) is 19.2 Å². The Morgan fingerprint density at radius 1 is 1.17 bits per heavy atom. The average Bonchev–Trinajstić information content (AvgIpc) is 2.54. The first-order chi connectivity index (χ1) is 11.2. The molecule has 0 radical (unpaired) electrons. The van der Waals surface area contributed by atoms with Crippen LogP contribution in [0.5, 0.6) is 5.75 Å². The molecule has 7 heteroatoms. The molecule has 0 heterocycles. The van der Waals surface area contributed by atoms with E-state index in [-0.39, 0.29) is 10.6 Å². The van der Waals surface area contributed by atoms with Gasteiger partial charge in [0.15, 0.2) is 11.6 Å². The number of rotatable bonds is 5. The molecule has 0 atom stereocenters. The Labute approximate surface area is 141 Å². The number of hydrogen-bond donors (Lipinski definition) is 1. The second kappa shape index (κ2) is 7.00. The van der Waals surface area contributed by atoms with Crippen molar-refractivity contribution < 1.29 is 17.5 Å². The highest BCUT2D eigenvalue weighted by Crippen LogP contribution is 2.19. The van der Waals surface area contributed by atoms with Crippen LogP contribution in [0.25, 0.3) is 0 Å². The molecule has 0 amide bonds. The van der Waals surface area contributed by atoms with Gasteiger partial charge in [0, 0.05) is 5.56 Å². The van der Waals surface area contributed by atoms with Gasteiger partial charge in [0.25, 0.3) is 10.0 Å². The van der Waals surface area contributed by atoms with Gasteiger partial charge in [-0.15, -0.1) is 0 Å². The molecule has 0 aliphatic heterocycles. The summed E-state index contributed by atoms with van der Waals surface area (Å²) in [6, 6.07) is 9.46. The number of nitrogens with one attached hydrogen (secondary N) is 1. The third-order valence-electron chi connectivity index (χ3n) is 3.54. The van der Waals surface area contributed by atoms with Crippen LogP contribution in [0.2, 0.25) is 0 Å². The maximum atomic E-state index is 13.7. The van der Waals surface area contributed by atoms with Gasteiger partial charge in [-0.25, -0.2) is 4.39 Å². The van der Waals surface area contributed by atoms with Crippen molar-refractivity contribution in [3.05, 3.63) is 58.9 Å². The SMILES string of the molecule is COc1ccc(/C(C)=N\NS(=O)(=O)c2cc(C)ccc2C)cc1F. The lowest BCUT2D eigenvalue weighted by molar-refractivity contribution is 0.386. The van der Waals surface area contributed by atoms with Crippen molar-refractivity contribution in [2.75, 3.05) is 7.11 Å². The quantitative estimate of drug-likeness (QED) is 0.665. The maximum absolute atomic E-state index is 13.7. The van der Waals surface area contributed by atoms with Crippen LogP contribution in [-0.4, -0.2) is 21.2 Å². The third kappa shape index (κ3) is 3.91. The van der Waals surface area contributed by atoms with Crippen molar-refractivity contribution >= 4 is 15.7 Å². The molecule has 1 N–H and O–H groups in total. The average molecular weight is 350 g/mol. The zero-order valence-corrected chi connectivity index (χ0v) is 14.7. The minimum atomic E-state index is -3.80. The molecule has 2 rings (SSSR count). The summed E-state index contributed by atoms with van der Waals surface area (Å²) in [6.45, 7) is 5.11. The monoisotopic (exact) mass is 350 g/mol. The Morgan fingerprint density at radius 2 is 1.88 bits per heavy atom. The molecule has 0 aliphatic carbocycles. The summed E-state index contributed by atoms with van der Waals surface area (Å²) in [7, 11) is -2.42. The van der Waals surface area contributed by atoms with Gasteiger partial charge in [0.1, 0.15) is 0 Å². The van der Waals surface area contributed by atoms with E-state index in [4.69, 9.17) is 4.74 Å². The number of ether oxygens (including phenoxy) is 1. The number of hydrogen-bond acceptors (Lipinski definition) is 4. The molecular weight excluding hydrogens is 331 g/mol. The molecule has 24 heavy (non-hydrogen) atoms. The predicted molar refractivity (Wildman–Crippen MR) is 91.4 cm³/mol. The molecule has 2 aromatic rings. The van der Waals surface area contributed by atoms with E-state index in [2.05, 4.69) is 9.93 Å². The minimum absolute atomic E-state index is 0.113. The van der Waals surface area contributed by atoms with Crippen LogP contribution in [0, 0.1) is 19.7 Å². The summed E-state index contributed by atoms with van der Waals surface area (Å²) in [5.74, 6) is -0.426. The number of benzene rings is 2. The van der Waals surface area contributed by atoms with Crippen molar-refractivity contribution in [3.8, 4) is 5.75 Å². The first kappa shape index (κ1) is 17.9. The smallest absolute Gasteiger partial charge is 0.276 e. The van der Waals surface area contributed by atoms with E-state index < -0.39 is 15.8 Å². The number of halogens is 1. The number of nitrogens with zero attached hydrogens (tertiary/aromatic N) is 1. The summed E-state index contributed by atoms with van der Waals surface area (Å²) in [6.07, 6.45) is 0. The van der Waals surface area contributed by atoms with Gasteiger partial charge in [-0.2, -0.15) is 18.4 Å². The molecular formula is C17H19FN2O3S. The summed E-state index contributed by atoms with van der Waals surface area (Å²) in [5, 5.41) is 3.88. The lowest BCUT2D eigenvalue weighted by Gasteiger charge is -2.09. The maximum Gasteiger partial charge on any atom is 0.276 e. The Balaban J connectivity index is 2.28. The summed E-state index contributed by atoms with van der Waals surface area (Å²) >= 11 is 0. The van der Waals surface area contributed by atoms with Crippen molar-refractivity contribution in [1.82, 2.24) is 4.83 Å². The van der Waals surface area contributed by atoms with E-state index in [0.29, 0.717) is 16.8 Å². The second-order valence-electron chi connectivity index (χ2n) is 5.41. The molecule has 0 saturated carbocycles. The molecule has 0 aliphatic rings. The lowest BCUT2D eigenvalue weighted by atomic mass is 10.1. The van der Waals surface area contributed by atoms with Gasteiger partial charge in [0.05, 0.1) is 17.7 Å². The van der Waals surface area contributed by atoms with Crippen molar-refractivity contribution in [2.45, 2.75) is 25.7 Å². The van der Waals surface area contributed by atoms with Crippen LogP contribution in [0.1, 0.15) is 23.6 Å². The number of hydrazone groups is 1. The fourth-order valence-corrected chi connectivity index (χ4v) is 3.32. The minimum Gasteiger partial charge on any atom is -0.494 e. The summed E-state index contributed by atoms with van der Waals surface area (Å²) < 4.78 is 43.4. The molecule has 0 fully saturated rings. The van der Waals surface area contributed by atoms with Gasteiger partial charge in [-0.1, -0.05) is 12.1 Å². The fourth-order valence-electron chi connectivity index (χ4n) is 2.13. The second-order valence-corrected chi connectivity index (χ2v) is 7.04. The molecule has 5 nitrogen and oxygen atoms in total. The Kier molecular flexibility index (Phi) is 5.23. The molecule has 0 aromatic heterocycles. The molecule has 2 aromatic carbocycles. The van der Waals surface area contributed by atoms with Crippen molar-refractivity contribution in [2.24, 2.45) is 5.10 Å². The van der Waals surface area contributed by atoms with E-state index in [1.54, 1.807) is 32.0 Å². The molecule has 0 saturated heterocycles. The van der Waals surface area contributed by atoms with Crippen LogP contribution in [0.15, 0.2) is 46.4 Å². The Bertz CT molecular complexity index is 893. The fraction of sp³-hybridized carbons (Fsp3) is 0.235. The number of aryl methyl sites for hydroxylation is 2. The van der Waals surface area contributed by atoms with E-state index in [0.717, 1.165) is 5.56 Å². The largest absolute Gasteiger partial charge is 0.494 e. The first-order valence-electron chi connectivity index (χ1n) is 7.22. The van der Waals surface area contributed by atoms with Crippen LogP contribution in [0.3, 0.4) is 0 Å². The van der Waals surface area contributed by atoms with Gasteiger partial charge in [0.2, 0.25) is 0 Å². The topological polar surface area (TPSA) is 67.8 Å². The first-order valence-corrected chi connectivity index (χ1v) is 8.70. The highest BCUT2D eigenvalue weighted by atomic mass is 32.2. The predicted octanol–water partition coefficient (Wildman–Crippen LogP) is 3.15. The number of sulfonamides is 1. The van der Waals surface area contributed by atoms with Crippen LogP contribution >= 0.6 is 0 Å². The zero-order chi connectivity index (χ0) is 17.9. The van der Waals surface area contributed by atoms with Gasteiger partial charge >= 0.3 is 0 Å². The summed E-state index contributed by atoms with van der Waals surface area (Å²) in [5.41, 5.74) is 2.25. The van der Waals surface area contributed by atoms with Crippen molar-refractivity contribution in [3.63, 3.8) is 0 Å². The van der Waals surface area contributed by atoms with Crippen LogP contribution in [0.4, 0.5) is 4.39 Å². The van der Waals surface area contributed by atoms with Crippen LogP contribution < -0.4 is 9.57 Å².